The Morgan fingerprint density at radius 1 is 1.18 bits per heavy atom. The van der Waals surface area contributed by atoms with E-state index in [1.165, 1.54) is 0 Å². The number of piperidine rings is 1. The number of hydrogen-bond acceptors (Lipinski definition) is 7. The van der Waals surface area contributed by atoms with Crippen LogP contribution in [0.3, 0.4) is 0 Å². The first-order chi connectivity index (χ1) is 16.0. The van der Waals surface area contributed by atoms with Crippen molar-refractivity contribution in [3.05, 3.63) is 59.2 Å². The molecule has 3 aromatic rings. The van der Waals surface area contributed by atoms with Gasteiger partial charge in [-0.3, -0.25) is 4.79 Å². The van der Waals surface area contributed by atoms with Crippen molar-refractivity contribution in [1.29, 1.82) is 5.26 Å². The lowest BCUT2D eigenvalue weighted by molar-refractivity contribution is -0.145. The van der Waals surface area contributed by atoms with Crippen molar-refractivity contribution in [2.24, 2.45) is 5.41 Å². The van der Waals surface area contributed by atoms with Crippen molar-refractivity contribution in [3.63, 3.8) is 0 Å². The number of carbonyl (C=O) groups excluding carboxylic acids is 1. The maximum absolute atomic E-state index is 13.7. The summed E-state index contributed by atoms with van der Waals surface area (Å²) in [6.45, 7) is 6.36. The molecule has 1 unspecified atom stereocenters. The van der Waals surface area contributed by atoms with Gasteiger partial charge in [-0.15, -0.1) is 0 Å². The fraction of sp³-hybridized carbons (Fsp3) is 0.400. The van der Waals surface area contributed by atoms with Crippen molar-refractivity contribution < 1.29 is 9.21 Å². The SMILES string of the molecule is Cc1cc(C#N)nc(N2CCC3(CCCN(Cc4cccc(-c5ncc(C)o5)c4)C3=O)C2)n1. The van der Waals surface area contributed by atoms with Crippen molar-refractivity contribution in [1.82, 2.24) is 19.9 Å². The van der Waals surface area contributed by atoms with Crippen molar-refractivity contribution in [2.75, 3.05) is 24.5 Å². The van der Waals surface area contributed by atoms with Gasteiger partial charge in [0, 0.05) is 37.4 Å². The highest BCUT2D eigenvalue weighted by molar-refractivity contribution is 5.85. The minimum atomic E-state index is -0.421. The number of carbonyl (C=O) groups is 1. The Hall–Kier alpha value is -3.73. The van der Waals surface area contributed by atoms with Crippen LogP contribution in [0.15, 0.2) is 40.9 Å². The topological polar surface area (TPSA) is 99.1 Å². The maximum atomic E-state index is 13.7. The predicted molar refractivity (Wildman–Crippen MR) is 122 cm³/mol. The van der Waals surface area contributed by atoms with E-state index >= 15 is 0 Å². The highest BCUT2D eigenvalue weighted by Gasteiger charge is 2.48. The zero-order chi connectivity index (χ0) is 23.0. The number of anilines is 1. The number of benzene rings is 1. The molecule has 2 aliphatic heterocycles. The number of oxazole rings is 1. The standard InChI is InChI=1S/C25H26N6O2/c1-17-11-21(13-26)29-24(28-17)31-10-8-25(16-31)7-4-9-30(23(25)32)15-19-5-3-6-20(12-19)22-27-14-18(2)33-22/h3,5-6,11-12,14H,4,7-10,15-16H2,1-2H3. The minimum absolute atomic E-state index is 0.196. The van der Waals surface area contributed by atoms with Crippen molar-refractivity contribution in [3.8, 4) is 17.5 Å². The first kappa shape index (κ1) is 21.1. The van der Waals surface area contributed by atoms with Crippen LogP contribution in [0.2, 0.25) is 0 Å². The lowest BCUT2D eigenvalue weighted by Gasteiger charge is -2.39. The number of aryl methyl sites for hydroxylation is 2. The maximum Gasteiger partial charge on any atom is 0.230 e. The third-order valence-corrected chi connectivity index (χ3v) is 6.59. The van der Waals surface area contributed by atoms with Gasteiger partial charge in [-0.05, 0) is 56.9 Å². The molecular formula is C25H26N6O2. The van der Waals surface area contributed by atoms with Gasteiger partial charge >= 0.3 is 0 Å². The van der Waals surface area contributed by atoms with Gasteiger partial charge in [0.25, 0.3) is 0 Å². The molecule has 0 aliphatic carbocycles. The lowest BCUT2D eigenvalue weighted by atomic mass is 9.78. The molecule has 2 aromatic heterocycles. The number of aromatic nitrogens is 3. The number of amides is 1. The van der Waals surface area contributed by atoms with Gasteiger partial charge in [-0.2, -0.15) is 5.26 Å². The average molecular weight is 443 g/mol. The van der Waals surface area contributed by atoms with E-state index in [1.807, 2.05) is 43.0 Å². The van der Waals surface area contributed by atoms with Crippen LogP contribution in [0.1, 0.15) is 42.0 Å². The fourth-order valence-corrected chi connectivity index (χ4v) is 4.99. The van der Waals surface area contributed by atoms with Crippen molar-refractivity contribution >= 4 is 11.9 Å². The Bertz CT molecular complexity index is 1250. The number of nitriles is 1. The zero-order valence-corrected chi connectivity index (χ0v) is 18.9. The second-order valence-electron chi connectivity index (χ2n) is 9.06. The second kappa shape index (κ2) is 8.32. The Kier molecular flexibility index (Phi) is 5.33. The number of likely N-dealkylation sites (tertiary alicyclic amines) is 1. The first-order valence-electron chi connectivity index (χ1n) is 11.3. The lowest BCUT2D eigenvalue weighted by Crippen LogP contribution is -2.49. The molecular weight excluding hydrogens is 416 g/mol. The summed E-state index contributed by atoms with van der Waals surface area (Å²) in [5.41, 5.74) is 2.67. The van der Waals surface area contributed by atoms with Gasteiger partial charge in [0.15, 0.2) is 0 Å². The van der Waals surface area contributed by atoms with Gasteiger partial charge in [0.05, 0.1) is 11.6 Å². The van der Waals surface area contributed by atoms with E-state index < -0.39 is 5.41 Å². The fourth-order valence-electron chi connectivity index (χ4n) is 4.99. The normalized spacial score (nSPS) is 20.5. The van der Waals surface area contributed by atoms with Crippen LogP contribution in [0.5, 0.6) is 0 Å². The molecule has 168 valence electrons. The van der Waals surface area contributed by atoms with Crippen LogP contribution >= 0.6 is 0 Å². The second-order valence-corrected chi connectivity index (χ2v) is 9.06. The summed E-state index contributed by atoms with van der Waals surface area (Å²) < 4.78 is 5.66. The summed E-state index contributed by atoms with van der Waals surface area (Å²) in [7, 11) is 0. The molecule has 1 atom stereocenters. The number of rotatable bonds is 4. The van der Waals surface area contributed by atoms with E-state index in [0.29, 0.717) is 37.2 Å². The molecule has 0 saturated carbocycles. The molecule has 5 rings (SSSR count). The molecule has 1 amide bonds. The molecule has 4 heterocycles. The smallest absolute Gasteiger partial charge is 0.230 e. The molecule has 0 radical (unpaired) electrons. The Labute approximate surface area is 192 Å². The first-order valence-corrected chi connectivity index (χ1v) is 11.3. The van der Waals surface area contributed by atoms with Crippen LogP contribution in [0.25, 0.3) is 11.5 Å². The van der Waals surface area contributed by atoms with Crippen molar-refractivity contribution in [2.45, 2.75) is 39.7 Å². The van der Waals surface area contributed by atoms with E-state index in [9.17, 15) is 10.1 Å². The molecule has 33 heavy (non-hydrogen) atoms. The van der Waals surface area contributed by atoms with Gasteiger partial charge < -0.3 is 14.2 Å². The molecule has 0 N–H and O–H groups in total. The summed E-state index contributed by atoms with van der Waals surface area (Å²) >= 11 is 0. The molecule has 1 aromatic carbocycles. The largest absolute Gasteiger partial charge is 0.441 e. The molecule has 0 bridgehead atoms. The molecule has 2 aliphatic rings. The predicted octanol–water partition coefficient (Wildman–Crippen LogP) is 3.64. The number of nitrogens with zero attached hydrogens (tertiary/aromatic N) is 6. The third kappa shape index (κ3) is 4.07. The summed E-state index contributed by atoms with van der Waals surface area (Å²) in [5.74, 6) is 2.11. The summed E-state index contributed by atoms with van der Waals surface area (Å²) in [6, 6.07) is 11.8. The zero-order valence-electron chi connectivity index (χ0n) is 18.9. The average Bonchev–Trinajstić information content (AvgIpc) is 3.44. The van der Waals surface area contributed by atoms with Gasteiger partial charge in [-0.25, -0.2) is 15.0 Å². The van der Waals surface area contributed by atoms with Gasteiger partial charge in [0.1, 0.15) is 17.5 Å². The van der Waals surface area contributed by atoms with Crippen LogP contribution in [-0.2, 0) is 11.3 Å². The van der Waals surface area contributed by atoms with Crippen LogP contribution in [-0.4, -0.2) is 45.4 Å². The van der Waals surface area contributed by atoms with Crippen LogP contribution in [0, 0.1) is 30.6 Å². The Balaban J connectivity index is 1.33. The van der Waals surface area contributed by atoms with Gasteiger partial charge in [0.2, 0.25) is 17.7 Å². The van der Waals surface area contributed by atoms with Gasteiger partial charge in [-0.1, -0.05) is 12.1 Å². The van der Waals surface area contributed by atoms with Crippen LogP contribution < -0.4 is 4.90 Å². The highest BCUT2D eigenvalue weighted by Crippen LogP contribution is 2.41. The minimum Gasteiger partial charge on any atom is -0.441 e. The van der Waals surface area contributed by atoms with E-state index in [2.05, 4.69) is 25.9 Å². The highest BCUT2D eigenvalue weighted by atomic mass is 16.4. The summed E-state index contributed by atoms with van der Waals surface area (Å²) in [4.78, 5) is 30.9. The van der Waals surface area contributed by atoms with E-state index in [-0.39, 0.29) is 5.91 Å². The monoisotopic (exact) mass is 442 g/mol. The summed E-state index contributed by atoms with van der Waals surface area (Å²) in [6.07, 6.45) is 4.32. The summed E-state index contributed by atoms with van der Waals surface area (Å²) in [5, 5.41) is 9.25. The molecule has 1 spiro atoms. The van der Waals surface area contributed by atoms with Crippen LogP contribution in [0.4, 0.5) is 5.95 Å². The van der Waals surface area contributed by atoms with E-state index in [0.717, 1.165) is 48.4 Å². The van der Waals surface area contributed by atoms with E-state index in [4.69, 9.17) is 4.42 Å². The Morgan fingerprint density at radius 2 is 2.06 bits per heavy atom. The molecule has 2 saturated heterocycles. The Morgan fingerprint density at radius 3 is 2.85 bits per heavy atom. The molecule has 2 fully saturated rings. The number of hydrogen-bond donors (Lipinski definition) is 0. The quantitative estimate of drug-likeness (QED) is 0.608. The molecule has 8 nitrogen and oxygen atoms in total. The third-order valence-electron chi connectivity index (χ3n) is 6.59. The van der Waals surface area contributed by atoms with E-state index in [1.54, 1.807) is 12.3 Å². The molecule has 8 heteroatoms.